The van der Waals surface area contributed by atoms with Crippen molar-refractivity contribution in [3.05, 3.63) is 95.0 Å². The number of imidazole rings is 1. The van der Waals surface area contributed by atoms with Gasteiger partial charge >= 0.3 is 13.7 Å². The molecule has 4 heterocycles. The molecule has 0 spiro atoms. The molecule has 15 nitrogen and oxygen atoms in total. The predicted octanol–water partition coefficient (Wildman–Crippen LogP) is 5.22. The van der Waals surface area contributed by atoms with Crippen LogP contribution in [-0.4, -0.2) is 61.7 Å². The number of H-pyrrole nitrogens is 1. The zero-order valence-electron chi connectivity index (χ0n) is 29.3. The van der Waals surface area contributed by atoms with Crippen LogP contribution in [0.15, 0.2) is 83.9 Å². The number of carbonyl (C=O) groups excluding carboxylic acids is 1. The van der Waals surface area contributed by atoms with E-state index in [2.05, 4.69) is 20.0 Å². The number of anilines is 1. The maximum absolute atomic E-state index is 15.0. The lowest BCUT2D eigenvalue weighted by atomic mass is 9.96. The summed E-state index contributed by atoms with van der Waals surface area (Å²) in [5.74, 6) is -1.87. The fourth-order valence-electron chi connectivity index (χ4n) is 6.75. The average Bonchev–Trinajstić information content (AvgIpc) is 3.71. The van der Waals surface area contributed by atoms with Crippen molar-refractivity contribution in [1.82, 2.24) is 24.6 Å². The van der Waals surface area contributed by atoms with Crippen molar-refractivity contribution in [1.29, 1.82) is 0 Å². The summed E-state index contributed by atoms with van der Waals surface area (Å²) in [6, 6.07) is 21.0. The number of carbonyl (C=O) groups is 1. The third-order valence-electron chi connectivity index (χ3n) is 9.10. The maximum Gasteiger partial charge on any atom is 0.459 e. The smallest absolute Gasteiger partial charge is 0.459 e. The SMILES string of the molecule is CC(C)[C@H](NP(=O)(OC[C@H]1O[C@@H](n2cnc3c(=O)[nH]c(N)nc32)[C@]2(C)OC(C)(C)O[C@H]12)Oc1cccc2ccccc12)C(=O)OCc1ccccc1. The molecule has 3 aromatic carbocycles. The second-order valence-electron chi connectivity index (χ2n) is 13.8. The van der Waals surface area contributed by atoms with Gasteiger partial charge in [0.1, 0.15) is 36.2 Å². The molecule has 0 amide bonds. The molecule has 1 unspecified atom stereocenters. The average molecular weight is 733 g/mol. The minimum Gasteiger partial charge on any atom is -0.460 e. The highest BCUT2D eigenvalue weighted by molar-refractivity contribution is 7.52. The van der Waals surface area contributed by atoms with E-state index < -0.39 is 55.1 Å². The molecule has 0 aliphatic carbocycles. The van der Waals surface area contributed by atoms with E-state index >= 15 is 0 Å². The van der Waals surface area contributed by atoms with E-state index in [0.717, 1.165) is 10.9 Å². The lowest BCUT2D eigenvalue weighted by Gasteiger charge is -2.30. The molecule has 0 bridgehead atoms. The van der Waals surface area contributed by atoms with E-state index in [1.54, 1.807) is 51.3 Å². The van der Waals surface area contributed by atoms with Gasteiger partial charge in [-0.25, -0.2) is 9.55 Å². The summed E-state index contributed by atoms with van der Waals surface area (Å²) < 4.78 is 53.9. The largest absolute Gasteiger partial charge is 0.460 e. The van der Waals surface area contributed by atoms with Gasteiger partial charge < -0.3 is 29.2 Å². The van der Waals surface area contributed by atoms with E-state index in [-0.39, 0.29) is 42.0 Å². The van der Waals surface area contributed by atoms with Crippen LogP contribution in [0.25, 0.3) is 21.9 Å². The fraction of sp³-hybridized carbons (Fsp3) is 0.389. The third kappa shape index (κ3) is 6.95. The summed E-state index contributed by atoms with van der Waals surface area (Å²) in [5, 5.41) is 4.44. The molecule has 2 aromatic heterocycles. The van der Waals surface area contributed by atoms with Crippen molar-refractivity contribution in [2.45, 2.75) is 77.1 Å². The molecule has 0 radical (unpaired) electrons. The molecule has 52 heavy (non-hydrogen) atoms. The number of aromatic nitrogens is 4. The van der Waals surface area contributed by atoms with E-state index in [9.17, 15) is 14.2 Å². The minimum atomic E-state index is -4.40. The molecular weight excluding hydrogens is 691 g/mol. The predicted molar refractivity (Wildman–Crippen MR) is 191 cm³/mol. The van der Waals surface area contributed by atoms with Crippen LogP contribution in [-0.2, 0) is 39.4 Å². The van der Waals surface area contributed by atoms with E-state index in [0.29, 0.717) is 5.39 Å². The zero-order valence-corrected chi connectivity index (χ0v) is 30.2. The standard InChI is InChI=1S/C36H41N6O9P/c1-21(2)27(32(44)46-18-22-12-7-6-8-13-22)41-52(45,50-25-17-11-15-23-14-9-10-16-24(23)25)47-19-26-29-36(5,51-35(3,4)49-29)33(48-26)42-20-38-28-30(42)39-34(37)40-31(28)43/h6-17,20-21,26-27,29,33H,18-19H2,1-5H3,(H,41,45)(H3,37,39,40,43)/t26-,27+,29-,33-,36-,52?/m1/s1. The molecule has 2 aliphatic rings. The molecular formula is C36H41N6O9P. The number of esters is 1. The third-order valence-corrected chi connectivity index (χ3v) is 10.6. The zero-order chi connectivity index (χ0) is 36.8. The van der Waals surface area contributed by atoms with Crippen LogP contribution in [0.5, 0.6) is 5.75 Å². The highest BCUT2D eigenvalue weighted by Crippen LogP contribution is 2.53. The summed E-state index contributed by atoms with van der Waals surface area (Å²) in [6.45, 7) is 8.64. The van der Waals surface area contributed by atoms with Crippen molar-refractivity contribution in [3.8, 4) is 5.75 Å². The first kappa shape index (κ1) is 35.8. The summed E-state index contributed by atoms with van der Waals surface area (Å²) in [6.07, 6.45) is -1.15. The number of fused-ring (bicyclic) bond motifs is 3. The molecule has 2 aliphatic heterocycles. The molecule has 2 saturated heterocycles. The Labute approximate surface area is 299 Å². The first-order chi connectivity index (χ1) is 24.8. The van der Waals surface area contributed by atoms with Gasteiger partial charge in [-0.05, 0) is 43.7 Å². The lowest BCUT2D eigenvalue weighted by molar-refractivity contribution is -0.216. The second kappa shape index (κ2) is 13.7. The van der Waals surface area contributed by atoms with Gasteiger partial charge in [0.25, 0.3) is 5.56 Å². The van der Waals surface area contributed by atoms with Gasteiger partial charge in [0.05, 0.1) is 12.9 Å². The highest BCUT2D eigenvalue weighted by Gasteiger charge is 2.64. The minimum absolute atomic E-state index is 0.0277. The fourth-order valence-corrected chi connectivity index (χ4v) is 8.44. The first-order valence-electron chi connectivity index (χ1n) is 16.9. The summed E-state index contributed by atoms with van der Waals surface area (Å²) >= 11 is 0. The van der Waals surface area contributed by atoms with Crippen LogP contribution in [0.3, 0.4) is 0 Å². The van der Waals surface area contributed by atoms with Gasteiger partial charge in [0.2, 0.25) is 5.95 Å². The van der Waals surface area contributed by atoms with E-state index in [1.807, 2.05) is 60.7 Å². The van der Waals surface area contributed by atoms with Gasteiger partial charge in [0.15, 0.2) is 23.2 Å². The molecule has 5 aromatic rings. The normalized spacial score (nSPS) is 24.2. The quantitative estimate of drug-likeness (QED) is 0.112. The Balaban J connectivity index is 1.20. The number of benzene rings is 3. The Hall–Kier alpha value is -4.63. The lowest BCUT2D eigenvalue weighted by Crippen LogP contribution is -2.43. The Morgan fingerprint density at radius 1 is 1.08 bits per heavy atom. The number of rotatable bonds is 12. The molecule has 6 atom stereocenters. The van der Waals surface area contributed by atoms with Gasteiger partial charge in [-0.3, -0.25) is 23.7 Å². The monoisotopic (exact) mass is 732 g/mol. The molecule has 0 saturated carbocycles. The molecule has 2 fully saturated rings. The van der Waals surface area contributed by atoms with Crippen molar-refractivity contribution in [2.75, 3.05) is 12.3 Å². The summed E-state index contributed by atoms with van der Waals surface area (Å²) in [7, 11) is -4.40. The van der Waals surface area contributed by atoms with E-state index in [1.165, 1.54) is 6.33 Å². The number of nitrogens with two attached hydrogens (primary N) is 1. The molecule has 274 valence electrons. The van der Waals surface area contributed by atoms with Crippen molar-refractivity contribution in [3.63, 3.8) is 0 Å². The molecule has 7 rings (SSSR count). The Morgan fingerprint density at radius 2 is 1.81 bits per heavy atom. The number of ether oxygens (including phenoxy) is 4. The van der Waals surface area contributed by atoms with Crippen LogP contribution >= 0.6 is 7.75 Å². The van der Waals surface area contributed by atoms with Crippen molar-refractivity contribution in [2.24, 2.45) is 5.92 Å². The summed E-state index contributed by atoms with van der Waals surface area (Å²) in [5.41, 5.74) is 5.26. The number of nitrogens with zero attached hydrogens (tertiary/aromatic N) is 3. The highest BCUT2D eigenvalue weighted by atomic mass is 31.2. The molecule has 4 N–H and O–H groups in total. The number of nitrogen functional groups attached to an aromatic ring is 1. The van der Waals surface area contributed by atoms with Crippen LogP contribution < -0.4 is 20.9 Å². The number of hydrogen-bond donors (Lipinski definition) is 3. The first-order valence-corrected chi connectivity index (χ1v) is 18.5. The summed E-state index contributed by atoms with van der Waals surface area (Å²) in [4.78, 5) is 37.1. The van der Waals surface area contributed by atoms with E-state index in [4.69, 9.17) is 33.7 Å². The van der Waals surface area contributed by atoms with Crippen molar-refractivity contribution >= 4 is 41.6 Å². The maximum atomic E-state index is 15.0. The number of nitrogens with one attached hydrogen (secondary N) is 2. The van der Waals surface area contributed by atoms with Crippen LogP contribution in [0.2, 0.25) is 0 Å². The Bertz CT molecular complexity index is 2200. The van der Waals surface area contributed by atoms with Crippen LogP contribution in [0, 0.1) is 5.92 Å². The second-order valence-corrected chi connectivity index (χ2v) is 15.5. The number of hydrogen-bond acceptors (Lipinski definition) is 12. The van der Waals surface area contributed by atoms with Gasteiger partial charge in [-0.2, -0.15) is 10.1 Å². The van der Waals surface area contributed by atoms with Crippen LogP contribution in [0.1, 0.15) is 46.4 Å². The van der Waals surface area contributed by atoms with Gasteiger partial charge in [-0.15, -0.1) is 0 Å². The van der Waals surface area contributed by atoms with Gasteiger partial charge in [-0.1, -0.05) is 80.6 Å². The van der Waals surface area contributed by atoms with Crippen molar-refractivity contribution < 1.29 is 37.4 Å². The topological polar surface area (TPSA) is 191 Å². The van der Waals surface area contributed by atoms with Crippen LogP contribution in [0.4, 0.5) is 5.95 Å². The Morgan fingerprint density at radius 3 is 2.58 bits per heavy atom. The molecule has 16 heteroatoms. The van der Waals surface area contributed by atoms with Gasteiger partial charge in [0, 0.05) is 5.39 Å². The number of aromatic amines is 1. The Kier molecular flexibility index (Phi) is 9.44.